The number of carbonyl (C=O) groups is 1. The van der Waals surface area contributed by atoms with Gasteiger partial charge in [0.2, 0.25) is 5.69 Å². The van der Waals surface area contributed by atoms with Crippen molar-refractivity contribution in [2.24, 2.45) is 0 Å². The Morgan fingerprint density at radius 2 is 2.20 bits per heavy atom. The number of hydrogen-bond donors (Lipinski definition) is 2. The van der Waals surface area contributed by atoms with Crippen molar-refractivity contribution in [1.29, 1.82) is 0 Å². The summed E-state index contributed by atoms with van der Waals surface area (Å²) in [6.45, 7) is 0. The molecule has 0 unspecified atom stereocenters. The molecule has 0 spiro atoms. The smallest absolute Gasteiger partial charge is 0.363 e. The highest BCUT2D eigenvalue weighted by molar-refractivity contribution is 5.90. The van der Waals surface area contributed by atoms with Crippen LogP contribution < -0.4 is 0 Å². The molecule has 0 amide bonds. The Morgan fingerprint density at radius 1 is 1.40 bits per heavy atom. The average Bonchev–Trinajstić information content (AvgIpc) is 3.04. The number of nitro groups is 1. The summed E-state index contributed by atoms with van der Waals surface area (Å²) in [6, 6.07) is 0. The van der Waals surface area contributed by atoms with Crippen molar-refractivity contribution in [3.8, 4) is 5.82 Å². The van der Waals surface area contributed by atoms with Gasteiger partial charge in [-0.3, -0.25) is 10.1 Å². The van der Waals surface area contributed by atoms with Gasteiger partial charge in [-0.15, -0.1) is 0 Å². The molecule has 0 saturated heterocycles. The molecular formula is C9H5N7O4. The second kappa shape index (κ2) is 4.08. The third kappa shape index (κ3) is 1.65. The number of aromatic nitrogens is 6. The molecule has 0 bridgehead atoms. The van der Waals surface area contributed by atoms with E-state index in [9.17, 15) is 14.9 Å². The SMILES string of the molecule is O=C(O)c1nn(-c2ncnc3nc[nH]c23)cc1[N+](=O)[O-]. The third-order valence-electron chi connectivity index (χ3n) is 2.51. The molecule has 2 N–H and O–H groups in total. The molecule has 0 aromatic carbocycles. The summed E-state index contributed by atoms with van der Waals surface area (Å²) in [5, 5.41) is 23.4. The molecule has 100 valence electrons. The van der Waals surface area contributed by atoms with Gasteiger partial charge in [0.25, 0.3) is 0 Å². The van der Waals surface area contributed by atoms with Gasteiger partial charge in [-0.1, -0.05) is 0 Å². The molecule has 0 radical (unpaired) electrons. The number of aromatic carboxylic acids is 1. The Kier molecular flexibility index (Phi) is 2.39. The fourth-order valence-corrected chi connectivity index (χ4v) is 1.69. The van der Waals surface area contributed by atoms with Crippen molar-refractivity contribution in [2.75, 3.05) is 0 Å². The van der Waals surface area contributed by atoms with Crippen LogP contribution in [0.4, 0.5) is 5.69 Å². The van der Waals surface area contributed by atoms with E-state index in [-0.39, 0.29) is 5.82 Å². The third-order valence-corrected chi connectivity index (χ3v) is 2.51. The Morgan fingerprint density at radius 3 is 2.85 bits per heavy atom. The van der Waals surface area contributed by atoms with Crippen LogP contribution >= 0.6 is 0 Å². The summed E-state index contributed by atoms with van der Waals surface area (Å²) in [4.78, 5) is 35.4. The number of hydrogen-bond acceptors (Lipinski definition) is 7. The van der Waals surface area contributed by atoms with Crippen molar-refractivity contribution >= 4 is 22.8 Å². The number of carboxylic acids is 1. The molecule has 0 fully saturated rings. The first-order valence-corrected chi connectivity index (χ1v) is 5.19. The maximum Gasteiger partial charge on any atom is 0.363 e. The Balaban J connectivity index is 2.25. The lowest BCUT2D eigenvalue weighted by Gasteiger charge is -1.99. The lowest BCUT2D eigenvalue weighted by atomic mass is 10.4. The molecule has 3 rings (SSSR count). The van der Waals surface area contributed by atoms with Crippen LogP contribution in [0.2, 0.25) is 0 Å². The molecule has 11 heteroatoms. The maximum atomic E-state index is 11.0. The van der Waals surface area contributed by atoms with Gasteiger partial charge in [-0.2, -0.15) is 5.10 Å². The zero-order valence-corrected chi connectivity index (χ0v) is 9.59. The second-order valence-electron chi connectivity index (χ2n) is 3.67. The normalized spacial score (nSPS) is 10.8. The topological polar surface area (TPSA) is 153 Å². The van der Waals surface area contributed by atoms with E-state index in [1.165, 1.54) is 12.7 Å². The summed E-state index contributed by atoms with van der Waals surface area (Å²) in [5.41, 5.74) is -0.558. The first-order valence-electron chi connectivity index (χ1n) is 5.19. The zero-order chi connectivity index (χ0) is 14.3. The van der Waals surface area contributed by atoms with Gasteiger partial charge in [0, 0.05) is 0 Å². The van der Waals surface area contributed by atoms with Gasteiger partial charge in [0.05, 0.1) is 11.3 Å². The molecule has 3 aromatic heterocycles. The molecule has 0 aliphatic carbocycles. The molecule has 0 aliphatic rings. The first kappa shape index (κ1) is 11.7. The van der Waals surface area contributed by atoms with E-state index in [0.29, 0.717) is 11.2 Å². The van der Waals surface area contributed by atoms with Crippen molar-refractivity contribution in [3.05, 3.63) is 34.7 Å². The minimum absolute atomic E-state index is 0.170. The summed E-state index contributed by atoms with van der Waals surface area (Å²) >= 11 is 0. The van der Waals surface area contributed by atoms with E-state index < -0.39 is 22.3 Å². The van der Waals surface area contributed by atoms with Crippen molar-refractivity contribution in [3.63, 3.8) is 0 Å². The zero-order valence-electron chi connectivity index (χ0n) is 9.59. The summed E-state index contributed by atoms with van der Waals surface area (Å²) in [5.74, 6) is -1.33. The standard InChI is InChI=1S/C9H5N7O4/c17-9(18)5-4(16(19)20)1-15(14-5)8-6-7(11-2-10-6)12-3-13-8/h1-3H,(H,17,18)(H,10,11,12,13). The average molecular weight is 275 g/mol. The molecule has 20 heavy (non-hydrogen) atoms. The molecule has 0 atom stereocenters. The molecule has 11 nitrogen and oxygen atoms in total. The van der Waals surface area contributed by atoms with Crippen LogP contribution in [-0.2, 0) is 0 Å². The Bertz CT molecular complexity index is 804. The fraction of sp³-hybridized carbons (Fsp3) is 0. The molecule has 0 saturated carbocycles. The van der Waals surface area contributed by atoms with Crippen molar-refractivity contribution in [2.45, 2.75) is 0 Å². The second-order valence-corrected chi connectivity index (χ2v) is 3.67. The highest BCUT2D eigenvalue weighted by atomic mass is 16.6. The summed E-state index contributed by atoms with van der Waals surface area (Å²) < 4.78 is 1.00. The van der Waals surface area contributed by atoms with E-state index in [1.807, 2.05) is 0 Å². The van der Waals surface area contributed by atoms with Gasteiger partial charge in [-0.25, -0.2) is 24.4 Å². The number of aromatic amines is 1. The van der Waals surface area contributed by atoms with E-state index in [2.05, 4.69) is 25.0 Å². The highest BCUT2D eigenvalue weighted by Crippen LogP contribution is 2.21. The van der Waals surface area contributed by atoms with Crippen molar-refractivity contribution in [1.82, 2.24) is 29.7 Å². The number of nitrogens with one attached hydrogen (secondary N) is 1. The monoisotopic (exact) mass is 275 g/mol. The number of nitrogens with zero attached hydrogens (tertiary/aromatic N) is 6. The largest absolute Gasteiger partial charge is 0.476 e. The number of imidazole rings is 1. The van der Waals surface area contributed by atoms with Crippen molar-refractivity contribution < 1.29 is 14.8 Å². The Labute approximate surface area is 109 Å². The number of carboxylic acid groups (broad SMARTS) is 1. The molecule has 3 aromatic rings. The van der Waals surface area contributed by atoms with Gasteiger partial charge in [0.15, 0.2) is 11.5 Å². The van der Waals surface area contributed by atoms with Crippen LogP contribution in [0.1, 0.15) is 10.5 Å². The van der Waals surface area contributed by atoms with E-state index >= 15 is 0 Å². The van der Waals surface area contributed by atoms with Crippen LogP contribution in [-0.4, -0.2) is 45.7 Å². The number of fused-ring (bicyclic) bond motifs is 1. The first-order chi connectivity index (χ1) is 9.58. The minimum Gasteiger partial charge on any atom is -0.476 e. The van der Waals surface area contributed by atoms with Gasteiger partial charge in [-0.05, 0) is 0 Å². The minimum atomic E-state index is -1.50. The van der Waals surface area contributed by atoms with Gasteiger partial charge < -0.3 is 10.1 Å². The maximum absolute atomic E-state index is 11.0. The number of rotatable bonds is 3. The van der Waals surface area contributed by atoms with Crippen LogP contribution in [0.3, 0.4) is 0 Å². The lowest BCUT2D eigenvalue weighted by molar-refractivity contribution is -0.385. The summed E-state index contributed by atoms with van der Waals surface area (Å²) in [7, 11) is 0. The van der Waals surface area contributed by atoms with Crippen LogP contribution in [0.25, 0.3) is 17.0 Å². The number of H-pyrrole nitrogens is 1. The van der Waals surface area contributed by atoms with Gasteiger partial charge in [0.1, 0.15) is 18.0 Å². The molecule has 0 aliphatic heterocycles. The quantitative estimate of drug-likeness (QED) is 0.505. The molecular weight excluding hydrogens is 270 g/mol. The van der Waals surface area contributed by atoms with E-state index in [4.69, 9.17) is 5.11 Å². The van der Waals surface area contributed by atoms with E-state index in [1.54, 1.807) is 0 Å². The Hall–Kier alpha value is -3.37. The van der Waals surface area contributed by atoms with E-state index in [0.717, 1.165) is 10.9 Å². The fourth-order valence-electron chi connectivity index (χ4n) is 1.69. The van der Waals surface area contributed by atoms with Crippen LogP contribution in [0.15, 0.2) is 18.9 Å². The molecule has 3 heterocycles. The predicted octanol–water partition coefficient (Wildman–Crippen LogP) is 0.145. The highest BCUT2D eigenvalue weighted by Gasteiger charge is 2.26. The van der Waals surface area contributed by atoms with Gasteiger partial charge >= 0.3 is 11.7 Å². The lowest BCUT2D eigenvalue weighted by Crippen LogP contribution is -2.04. The van der Waals surface area contributed by atoms with Crippen LogP contribution in [0, 0.1) is 10.1 Å². The van der Waals surface area contributed by atoms with Crippen LogP contribution in [0.5, 0.6) is 0 Å². The summed E-state index contributed by atoms with van der Waals surface area (Å²) in [6.07, 6.45) is 3.55. The predicted molar refractivity (Wildman–Crippen MR) is 62.4 cm³/mol.